The lowest BCUT2D eigenvalue weighted by Crippen LogP contribution is -2.35. The summed E-state index contributed by atoms with van der Waals surface area (Å²) in [6, 6.07) is 1.19. The monoisotopic (exact) mass is 207 g/mol. The molecule has 2 N–H and O–H groups in total. The molecule has 0 spiro atoms. The highest BCUT2D eigenvalue weighted by Crippen LogP contribution is 2.06. The normalized spacial score (nSPS) is 17.2. The van der Waals surface area contributed by atoms with E-state index in [2.05, 4.69) is 15.4 Å². The Labute approximate surface area is 86.2 Å². The molecule has 78 valence electrons. The number of nitrogens with zero attached hydrogens (tertiary/aromatic N) is 1. The molecule has 0 unspecified atom stereocenters. The van der Waals surface area contributed by atoms with Crippen LogP contribution in [0.1, 0.15) is 6.92 Å². The Balaban J connectivity index is 2.98. The number of rotatable bonds is 2. The summed E-state index contributed by atoms with van der Waals surface area (Å²) in [5.74, 6) is -0.748. The molecule has 0 bridgehead atoms. The third-order valence-corrected chi connectivity index (χ3v) is 1.57. The number of urea groups is 1. The SMILES string of the molecule is CCOC(=O)C(C#N)=C1C=CNC(=O)N1. The number of carbonyl (C=O) groups is 2. The quantitative estimate of drug-likeness (QED) is 0.383. The van der Waals surface area contributed by atoms with Gasteiger partial charge in [-0.05, 0) is 13.0 Å². The van der Waals surface area contributed by atoms with Gasteiger partial charge in [-0.1, -0.05) is 0 Å². The predicted octanol–water partition coefficient (Wildman–Crippen LogP) is 0.154. The molecule has 0 fully saturated rings. The second-order valence-corrected chi connectivity index (χ2v) is 2.55. The molecule has 0 aromatic heterocycles. The first-order chi connectivity index (χ1) is 7.19. The van der Waals surface area contributed by atoms with Crippen LogP contribution in [0.15, 0.2) is 23.5 Å². The van der Waals surface area contributed by atoms with E-state index in [4.69, 9.17) is 5.26 Å². The molecule has 0 atom stereocenters. The van der Waals surface area contributed by atoms with Gasteiger partial charge in [0.05, 0.1) is 12.3 Å². The van der Waals surface area contributed by atoms with E-state index in [1.807, 2.05) is 0 Å². The van der Waals surface area contributed by atoms with Crippen molar-refractivity contribution in [2.75, 3.05) is 6.61 Å². The molecule has 6 heteroatoms. The second-order valence-electron chi connectivity index (χ2n) is 2.55. The fraction of sp³-hybridized carbons (Fsp3) is 0.222. The molecule has 15 heavy (non-hydrogen) atoms. The van der Waals surface area contributed by atoms with E-state index < -0.39 is 12.0 Å². The van der Waals surface area contributed by atoms with E-state index in [0.29, 0.717) is 0 Å². The molecule has 0 saturated heterocycles. The summed E-state index contributed by atoms with van der Waals surface area (Å²) < 4.78 is 4.66. The molecule has 1 rings (SSSR count). The summed E-state index contributed by atoms with van der Waals surface area (Å²) in [7, 11) is 0. The smallest absolute Gasteiger partial charge is 0.351 e. The van der Waals surface area contributed by atoms with Crippen molar-refractivity contribution in [2.45, 2.75) is 6.92 Å². The summed E-state index contributed by atoms with van der Waals surface area (Å²) in [5.41, 5.74) is -0.0809. The minimum atomic E-state index is -0.748. The lowest BCUT2D eigenvalue weighted by atomic mass is 10.2. The van der Waals surface area contributed by atoms with Gasteiger partial charge in [0.15, 0.2) is 5.57 Å². The first-order valence-electron chi connectivity index (χ1n) is 4.24. The molecule has 6 nitrogen and oxygen atoms in total. The summed E-state index contributed by atoms with van der Waals surface area (Å²) in [5, 5.41) is 13.4. The number of hydrogen-bond donors (Lipinski definition) is 2. The van der Waals surface area contributed by atoms with Gasteiger partial charge in [-0.3, -0.25) is 0 Å². The van der Waals surface area contributed by atoms with Crippen LogP contribution in [0, 0.1) is 11.3 Å². The van der Waals surface area contributed by atoms with E-state index in [1.54, 1.807) is 13.0 Å². The summed E-state index contributed by atoms with van der Waals surface area (Å²) in [4.78, 5) is 22.2. The fourth-order valence-electron chi connectivity index (χ4n) is 0.966. The Morgan fingerprint density at radius 1 is 1.67 bits per heavy atom. The van der Waals surface area contributed by atoms with Crippen LogP contribution in [-0.4, -0.2) is 18.6 Å². The van der Waals surface area contributed by atoms with Crippen LogP contribution in [0.5, 0.6) is 0 Å². The first kappa shape index (κ1) is 10.8. The fourth-order valence-corrected chi connectivity index (χ4v) is 0.966. The van der Waals surface area contributed by atoms with E-state index in [-0.39, 0.29) is 17.9 Å². The van der Waals surface area contributed by atoms with Gasteiger partial charge in [-0.25, -0.2) is 9.59 Å². The average molecular weight is 207 g/mol. The highest BCUT2D eigenvalue weighted by Gasteiger charge is 2.18. The highest BCUT2D eigenvalue weighted by molar-refractivity contribution is 5.95. The highest BCUT2D eigenvalue weighted by atomic mass is 16.5. The van der Waals surface area contributed by atoms with Crippen molar-refractivity contribution in [2.24, 2.45) is 0 Å². The first-order valence-corrected chi connectivity index (χ1v) is 4.24. The van der Waals surface area contributed by atoms with Crippen molar-refractivity contribution in [3.63, 3.8) is 0 Å². The molecule has 0 saturated carbocycles. The Bertz CT molecular complexity index is 390. The van der Waals surface area contributed by atoms with Gasteiger partial charge in [-0.2, -0.15) is 5.26 Å². The van der Waals surface area contributed by atoms with Gasteiger partial charge in [-0.15, -0.1) is 0 Å². The minimum Gasteiger partial charge on any atom is -0.462 e. The molecule has 1 aliphatic rings. The van der Waals surface area contributed by atoms with Gasteiger partial charge in [0.1, 0.15) is 6.07 Å². The van der Waals surface area contributed by atoms with Crippen LogP contribution < -0.4 is 10.6 Å². The zero-order valence-electron chi connectivity index (χ0n) is 8.03. The summed E-state index contributed by atoms with van der Waals surface area (Å²) >= 11 is 0. The van der Waals surface area contributed by atoms with Gasteiger partial charge in [0.25, 0.3) is 0 Å². The molecule has 2 amide bonds. The molecule has 1 heterocycles. The maximum atomic E-state index is 11.3. The maximum Gasteiger partial charge on any atom is 0.351 e. The van der Waals surface area contributed by atoms with Crippen LogP contribution in [0.2, 0.25) is 0 Å². The third kappa shape index (κ3) is 2.57. The van der Waals surface area contributed by atoms with Crippen molar-refractivity contribution < 1.29 is 14.3 Å². The Kier molecular flexibility index (Phi) is 3.46. The second kappa shape index (κ2) is 4.81. The van der Waals surface area contributed by atoms with Crippen molar-refractivity contribution in [3.05, 3.63) is 23.5 Å². The van der Waals surface area contributed by atoms with Crippen molar-refractivity contribution in [3.8, 4) is 6.07 Å². The van der Waals surface area contributed by atoms with Gasteiger partial charge < -0.3 is 15.4 Å². The van der Waals surface area contributed by atoms with Crippen LogP contribution >= 0.6 is 0 Å². The molecule has 0 aromatic carbocycles. The molecule has 1 aliphatic heterocycles. The summed E-state index contributed by atoms with van der Waals surface area (Å²) in [6.07, 6.45) is 2.75. The average Bonchev–Trinajstić information content (AvgIpc) is 2.19. The third-order valence-electron chi connectivity index (χ3n) is 1.57. The number of allylic oxidation sites excluding steroid dienone is 1. The van der Waals surface area contributed by atoms with Crippen LogP contribution in [0.25, 0.3) is 0 Å². The predicted molar refractivity (Wildman–Crippen MR) is 50.1 cm³/mol. The number of amides is 2. The molecule has 0 aromatic rings. The van der Waals surface area contributed by atoms with Gasteiger partial charge in [0, 0.05) is 6.20 Å². The van der Waals surface area contributed by atoms with E-state index in [0.717, 1.165) is 0 Å². The largest absolute Gasteiger partial charge is 0.462 e. The van der Waals surface area contributed by atoms with Gasteiger partial charge >= 0.3 is 12.0 Å². The number of ether oxygens (including phenoxy) is 1. The van der Waals surface area contributed by atoms with Crippen LogP contribution in [-0.2, 0) is 9.53 Å². The van der Waals surface area contributed by atoms with Crippen molar-refractivity contribution in [1.82, 2.24) is 10.6 Å². The van der Waals surface area contributed by atoms with Crippen molar-refractivity contribution in [1.29, 1.82) is 5.26 Å². The van der Waals surface area contributed by atoms with E-state index >= 15 is 0 Å². The lowest BCUT2D eigenvalue weighted by molar-refractivity contribution is -0.138. The Morgan fingerprint density at radius 3 is 2.93 bits per heavy atom. The number of carbonyl (C=O) groups excluding carboxylic acids is 2. The standard InChI is InChI=1S/C9H9N3O3/c1-2-15-8(13)6(5-10)7-3-4-11-9(14)12-7/h3-4H,2H2,1H3,(H2,11,12,14). The van der Waals surface area contributed by atoms with Crippen LogP contribution in [0.3, 0.4) is 0 Å². The van der Waals surface area contributed by atoms with Gasteiger partial charge in [0.2, 0.25) is 0 Å². The lowest BCUT2D eigenvalue weighted by Gasteiger charge is -2.12. The number of hydrogen-bond acceptors (Lipinski definition) is 4. The summed E-state index contributed by atoms with van der Waals surface area (Å²) in [6.45, 7) is 1.81. The molecular weight excluding hydrogens is 198 g/mol. The molecular formula is C9H9N3O3. The zero-order chi connectivity index (χ0) is 11.3. The van der Waals surface area contributed by atoms with Crippen LogP contribution in [0.4, 0.5) is 4.79 Å². The molecule has 0 radical (unpaired) electrons. The number of esters is 1. The zero-order valence-corrected chi connectivity index (χ0v) is 8.03. The Morgan fingerprint density at radius 2 is 2.40 bits per heavy atom. The van der Waals surface area contributed by atoms with E-state index in [1.165, 1.54) is 12.3 Å². The van der Waals surface area contributed by atoms with Crippen molar-refractivity contribution >= 4 is 12.0 Å². The molecule has 0 aliphatic carbocycles. The minimum absolute atomic E-state index is 0.139. The number of nitrogens with one attached hydrogen (secondary N) is 2. The topological polar surface area (TPSA) is 91.2 Å². The Hall–Kier alpha value is -2.29. The van der Waals surface area contributed by atoms with E-state index in [9.17, 15) is 9.59 Å². The maximum absolute atomic E-state index is 11.3. The number of nitriles is 1.